The number of alkyl carbamates (subject to hydrolysis) is 1. The van der Waals surface area contributed by atoms with Crippen molar-refractivity contribution in [2.75, 3.05) is 6.54 Å². The molecular weight excluding hydrogens is 442 g/mol. The van der Waals surface area contributed by atoms with Gasteiger partial charge >= 0.3 is 6.09 Å². The molecule has 7 nitrogen and oxygen atoms in total. The second-order valence-electron chi connectivity index (χ2n) is 9.92. The third kappa shape index (κ3) is 8.74. The highest BCUT2D eigenvalue weighted by Crippen LogP contribution is 2.24. The van der Waals surface area contributed by atoms with Crippen LogP contribution in [0.25, 0.3) is 0 Å². The van der Waals surface area contributed by atoms with Gasteiger partial charge < -0.3 is 20.3 Å². The predicted octanol–water partition coefficient (Wildman–Crippen LogP) is 4.83. The summed E-state index contributed by atoms with van der Waals surface area (Å²) < 4.78 is 5.39. The van der Waals surface area contributed by atoms with Crippen molar-refractivity contribution in [3.8, 4) is 0 Å². The van der Waals surface area contributed by atoms with E-state index < -0.39 is 23.8 Å². The summed E-state index contributed by atoms with van der Waals surface area (Å²) in [6, 6.07) is 17.2. The van der Waals surface area contributed by atoms with Crippen molar-refractivity contribution in [2.45, 2.75) is 72.2 Å². The van der Waals surface area contributed by atoms with Crippen molar-refractivity contribution in [3.05, 3.63) is 71.8 Å². The Morgan fingerprint density at radius 3 is 2.03 bits per heavy atom. The lowest BCUT2D eigenvalue weighted by atomic mass is 9.98. The molecule has 0 aliphatic heterocycles. The van der Waals surface area contributed by atoms with E-state index in [1.165, 1.54) is 0 Å². The lowest BCUT2D eigenvalue weighted by Crippen LogP contribution is -2.55. The SMILES string of the molecule is CCCN(C(=O)C(NC(=O)OC(C)(C)C)C(C)C)C(C(=O)NCc1ccccc1)c1ccccc1. The van der Waals surface area contributed by atoms with E-state index in [0.29, 0.717) is 25.1 Å². The molecule has 0 heterocycles. The largest absolute Gasteiger partial charge is 0.444 e. The van der Waals surface area contributed by atoms with E-state index in [1.54, 1.807) is 25.7 Å². The molecule has 0 spiro atoms. The van der Waals surface area contributed by atoms with Crippen LogP contribution in [0.4, 0.5) is 4.79 Å². The fourth-order valence-electron chi connectivity index (χ4n) is 3.72. The Morgan fingerprint density at radius 1 is 0.943 bits per heavy atom. The van der Waals surface area contributed by atoms with E-state index in [1.807, 2.05) is 81.4 Å². The van der Waals surface area contributed by atoms with Crippen LogP contribution in [0.5, 0.6) is 0 Å². The van der Waals surface area contributed by atoms with E-state index in [2.05, 4.69) is 10.6 Å². The first kappa shape index (κ1) is 27.9. The van der Waals surface area contributed by atoms with Crippen LogP contribution < -0.4 is 10.6 Å². The topological polar surface area (TPSA) is 87.7 Å². The van der Waals surface area contributed by atoms with Crippen LogP contribution in [0.1, 0.15) is 65.1 Å². The molecule has 190 valence electrons. The number of amides is 3. The average molecular weight is 482 g/mol. The number of nitrogens with one attached hydrogen (secondary N) is 2. The van der Waals surface area contributed by atoms with Gasteiger partial charge in [-0.05, 0) is 44.2 Å². The van der Waals surface area contributed by atoms with Gasteiger partial charge in [-0.15, -0.1) is 0 Å². The Labute approximate surface area is 209 Å². The van der Waals surface area contributed by atoms with Gasteiger partial charge in [0.1, 0.15) is 17.7 Å². The molecule has 7 heteroatoms. The van der Waals surface area contributed by atoms with Gasteiger partial charge in [-0.2, -0.15) is 0 Å². The molecule has 2 rings (SSSR count). The zero-order valence-electron chi connectivity index (χ0n) is 21.7. The standard InChI is InChI=1S/C28H39N3O4/c1-7-18-31(26(33)23(20(2)3)30-27(34)35-28(4,5)6)24(22-16-12-9-13-17-22)25(32)29-19-21-14-10-8-11-15-21/h8-17,20,23-24H,7,18-19H2,1-6H3,(H,29,32)(H,30,34). The summed E-state index contributed by atoms with van der Waals surface area (Å²) in [4.78, 5) is 41.4. The average Bonchev–Trinajstić information content (AvgIpc) is 2.80. The number of hydrogen-bond donors (Lipinski definition) is 2. The molecule has 2 aromatic carbocycles. The van der Waals surface area contributed by atoms with Gasteiger partial charge in [-0.25, -0.2) is 4.79 Å². The smallest absolute Gasteiger partial charge is 0.408 e. The number of carbonyl (C=O) groups is 3. The highest BCUT2D eigenvalue weighted by molar-refractivity contribution is 5.92. The van der Waals surface area contributed by atoms with Gasteiger partial charge in [0.2, 0.25) is 11.8 Å². The molecule has 0 saturated heterocycles. The van der Waals surface area contributed by atoms with Gasteiger partial charge in [-0.1, -0.05) is 81.4 Å². The Morgan fingerprint density at radius 2 is 1.51 bits per heavy atom. The fourth-order valence-corrected chi connectivity index (χ4v) is 3.72. The molecule has 0 bridgehead atoms. The summed E-state index contributed by atoms with van der Waals surface area (Å²) in [5.41, 5.74) is 0.981. The van der Waals surface area contributed by atoms with Gasteiger partial charge in [0.15, 0.2) is 0 Å². The lowest BCUT2D eigenvalue weighted by molar-refractivity contribution is -0.143. The van der Waals surface area contributed by atoms with E-state index in [4.69, 9.17) is 4.74 Å². The Kier molecular flexibility index (Phi) is 10.3. The number of benzene rings is 2. The molecule has 0 aliphatic rings. The van der Waals surface area contributed by atoms with Crippen LogP contribution in [0.2, 0.25) is 0 Å². The summed E-state index contributed by atoms with van der Waals surface area (Å²) >= 11 is 0. The molecule has 0 fully saturated rings. The summed E-state index contributed by atoms with van der Waals surface area (Å²) in [5.74, 6) is -0.809. The zero-order valence-corrected chi connectivity index (χ0v) is 21.7. The molecular formula is C28H39N3O4. The van der Waals surface area contributed by atoms with Crippen molar-refractivity contribution >= 4 is 17.9 Å². The highest BCUT2D eigenvalue weighted by Gasteiger charge is 2.37. The van der Waals surface area contributed by atoms with Crippen LogP contribution in [-0.4, -0.2) is 41.0 Å². The molecule has 2 unspecified atom stereocenters. The normalized spacial score (nSPS) is 13.0. The number of hydrogen-bond acceptors (Lipinski definition) is 4. The molecule has 0 aliphatic carbocycles. The maximum Gasteiger partial charge on any atom is 0.408 e. The number of carbonyl (C=O) groups excluding carboxylic acids is 3. The highest BCUT2D eigenvalue weighted by atomic mass is 16.6. The van der Waals surface area contributed by atoms with Crippen LogP contribution in [0.3, 0.4) is 0 Å². The van der Waals surface area contributed by atoms with Crippen LogP contribution in [-0.2, 0) is 20.9 Å². The molecule has 0 aromatic heterocycles. The minimum Gasteiger partial charge on any atom is -0.444 e. The van der Waals surface area contributed by atoms with Crippen molar-refractivity contribution in [3.63, 3.8) is 0 Å². The van der Waals surface area contributed by atoms with Crippen LogP contribution >= 0.6 is 0 Å². The first-order chi connectivity index (χ1) is 16.5. The second-order valence-corrected chi connectivity index (χ2v) is 9.92. The summed E-state index contributed by atoms with van der Waals surface area (Å²) in [6.07, 6.45) is -0.0102. The summed E-state index contributed by atoms with van der Waals surface area (Å²) in [6.45, 7) is 11.7. The monoisotopic (exact) mass is 481 g/mol. The first-order valence-electron chi connectivity index (χ1n) is 12.2. The maximum atomic E-state index is 13.8. The lowest BCUT2D eigenvalue weighted by Gasteiger charge is -2.35. The minimum absolute atomic E-state index is 0.210. The quantitative estimate of drug-likeness (QED) is 0.509. The molecule has 2 atom stereocenters. The third-order valence-corrected chi connectivity index (χ3v) is 5.34. The molecule has 0 radical (unpaired) electrons. The van der Waals surface area contributed by atoms with E-state index in [9.17, 15) is 14.4 Å². The first-order valence-corrected chi connectivity index (χ1v) is 12.2. The summed E-state index contributed by atoms with van der Waals surface area (Å²) in [7, 11) is 0. The third-order valence-electron chi connectivity index (χ3n) is 5.34. The van der Waals surface area contributed by atoms with Gasteiger partial charge in [0.05, 0.1) is 0 Å². The Hall–Kier alpha value is -3.35. The predicted molar refractivity (Wildman–Crippen MR) is 137 cm³/mol. The molecule has 2 N–H and O–H groups in total. The van der Waals surface area contributed by atoms with Crippen molar-refractivity contribution in [2.24, 2.45) is 5.92 Å². The van der Waals surface area contributed by atoms with Crippen molar-refractivity contribution in [1.29, 1.82) is 0 Å². The van der Waals surface area contributed by atoms with E-state index in [-0.39, 0.29) is 17.7 Å². The minimum atomic E-state index is -0.843. The molecule has 3 amide bonds. The number of nitrogens with zero attached hydrogens (tertiary/aromatic N) is 1. The Balaban J connectivity index is 2.35. The van der Waals surface area contributed by atoms with Crippen molar-refractivity contribution < 1.29 is 19.1 Å². The van der Waals surface area contributed by atoms with Gasteiger partial charge in [-0.3, -0.25) is 9.59 Å². The van der Waals surface area contributed by atoms with Gasteiger partial charge in [0.25, 0.3) is 0 Å². The Bertz CT molecular complexity index is 955. The van der Waals surface area contributed by atoms with Crippen LogP contribution in [0, 0.1) is 5.92 Å². The summed E-state index contributed by atoms with van der Waals surface area (Å²) in [5, 5.41) is 5.72. The van der Waals surface area contributed by atoms with Crippen LogP contribution in [0.15, 0.2) is 60.7 Å². The molecule has 2 aromatic rings. The molecule has 0 saturated carbocycles. The van der Waals surface area contributed by atoms with E-state index >= 15 is 0 Å². The zero-order chi connectivity index (χ0) is 26.0. The van der Waals surface area contributed by atoms with E-state index in [0.717, 1.165) is 5.56 Å². The van der Waals surface area contributed by atoms with Crippen molar-refractivity contribution in [1.82, 2.24) is 15.5 Å². The second kappa shape index (κ2) is 12.9. The number of rotatable bonds is 10. The number of ether oxygens (including phenoxy) is 1. The fraction of sp³-hybridized carbons (Fsp3) is 0.464. The van der Waals surface area contributed by atoms with Gasteiger partial charge in [0, 0.05) is 13.1 Å². The maximum absolute atomic E-state index is 13.8. The molecule has 35 heavy (non-hydrogen) atoms.